The zero-order valence-corrected chi connectivity index (χ0v) is 13.8. The fourth-order valence-corrected chi connectivity index (χ4v) is 2.82. The van der Waals surface area contributed by atoms with Crippen LogP contribution in [0.4, 0.5) is 17.2 Å². The molecule has 2 aromatic rings. The number of hydrogen-bond acceptors (Lipinski definition) is 6. The van der Waals surface area contributed by atoms with Crippen molar-refractivity contribution in [1.82, 2.24) is 9.78 Å². The number of nitro benzene ring substituents is 1. The number of hydrogen-bond donors (Lipinski definition) is 2. The Bertz CT molecular complexity index is 811. The lowest BCUT2D eigenvalue weighted by Crippen LogP contribution is -2.16. The Labute approximate surface area is 143 Å². The lowest BCUT2D eigenvalue weighted by atomic mass is 9.99. The first-order valence-corrected chi connectivity index (χ1v) is 7.92. The lowest BCUT2D eigenvalue weighted by Gasteiger charge is -2.19. The van der Waals surface area contributed by atoms with Crippen molar-refractivity contribution >= 4 is 23.1 Å². The first kappa shape index (κ1) is 16.9. The minimum atomic E-state index is -0.568. The quantitative estimate of drug-likeness (QED) is 0.496. The van der Waals surface area contributed by atoms with E-state index in [-0.39, 0.29) is 22.9 Å². The first-order valence-electron chi connectivity index (χ1n) is 7.92. The largest absolute Gasteiger partial charge is 0.398 e. The van der Waals surface area contributed by atoms with Gasteiger partial charge in [-0.05, 0) is 18.9 Å². The summed E-state index contributed by atoms with van der Waals surface area (Å²) in [6.45, 7) is 1.38. The van der Waals surface area contributed by atoms with Crippen LogP contribution in [-0.2, 0) is 11.8 Å². The van der Waals surface area contributed by atoms with Gasteiger partial charge < -0.3 is 15.8 Å². The average molecular weight is 345 g/mol. The van der Waals surface area contributed by atoms with Gasteiger partial charge in [0.15, 0.2) is 0 Å². The Morgan fingerprint density at radius 3 is 2.96 bits per heavy atom. The number of ether oxygens (including phenoxy) is 1. The number of nitrogens with one attached hydrogen (secondary N) is 1. The van der Waals surface area contributed by atoms with Crippen LogP contribution in [0.25, 0.3) is 0 Å². The second-order valence-electron chi connectivity index (χ2n) is 5.97. The van der Waals surface area contributed by atoms with Crippen molar-refractivity contribution in [2.45, 2.75) is 18.8 Å². The van der Waals surface area contributed by atoms with Crippen molar-refractivity contribution in [3.05, 3.63) is 45.6 Å². The number of benzene rings is 1. The maximum absolute atomic E-state index is 12.5. The Kier molecular flexibility index (Phi) is 4.66. The SMILES string of the molecule is Cn1nc([C@H]2CCCOC2)cc1NC(=O)c1cc([N+](=O)[O-])ccc1N. The molecule has 0 radical (unpaired) electrons. The van der Waals surface area contributed by atoms with Crippen LogP contribution in [0.3, 0.4) is 0 Å². The van der Waals surface area contributed by atoms with Crippen molar-refractivity contribution in [3.8, 4) is 0 Å². The van der Waals surface area contributed by atoms with Gasteiger partial charge in [0.25, 0.3) is 11.6 Å². The zero-order chi connectivity index (χ0) is 18.0. The third-order valence-electron chi connectivity index (χ3n) is 4.21. The van der Waals surface area contributed by atoms with Crippen LogP contribution in [0.1, 0.15) is 34.8 Å². The normalized spacial score (nSPS) is 17.2. The molecule has 3 rings (SSSR count). The van der Waals surface area contributed by atoms with E-state index in [1.165, 1.54) is 12.1 Å². The molecule has 132 valence electrons. The second-order valence-corrected chi connectivity index (χ2v) is 5.97. The molecule has 1 aromatic carbocycles. The van der Waals surface area contributed by atoms with E-state index < -0.39 is 10.8 Å². The third-order valence-corrected chi connectivity index (χ3v) is 4.21. The number of nitrogens with zero attached hydrogens (tertiary/aromatic N) is 3. The molecular weight excluding hydrogens is 326 g/mol. The van der Waals surface area contributed by atoms with Gasteiger partial charge in [0.1, 0.15) is 5.82 Å². The van der Waals surface area contributed by atoms with E-state index >= 15 is 0 Å². The van der Waals surface area contributed by atoms with Gasteiger partial charge in [0, 0.05) is 43.5 Å². The van der Waals surface area contributed by atoms with E-state index in [1.54, 1.807) is 17.8 Å². The second kappa shape index (κ2) is 6.89. The van der Waals surface area contributed by atoms with E-state index in [1.807, 2.05) is 0 Å². The molecule has 1 amide bonds. The molecule has 25 heavy (non-hydrogen) atoms. The number of nitrogen functional groups attached to an aromatic ring is 1. The molecule has 2 heterocycles. The van der Waals surface area contributed by atoms with Gasteiger partial charge in [0.2, 0.25) is 0 Å². The number of amides is 1. The Morgan fingerprint density at radius 2 is 2.28 bits per heavy atom. The summed E-state index contributed by atoms with van der Waals surface area (Å²) in [4.78, 5) is 22.8. The summed E-state index contributed by atoms with van der Waals surface area (Å²) in [7, 11) is 1.72. The van der Waals surface area contributed by atoms with Crippen LogP contribution in [0, 0.1) is 10.1 Å². The summed E-state index contributed by atoms with van der Waals surface area (Å²) < 4.78 is 7.04. The Balaban J connectivity index is 1.80. The van der Waals surface area contributed by atoms with Crippen LogP contribution in [0.5, 0.6) is 0 Å². The maximum atomic E-state index is 12.5. The standard InChI is InChI=1S/C16H19N5O4/c1-20-15(8-14(19-20)10-3-2-6-25-9-10)18-16(22)12-7-11(21(23)24)4-5-13(12)17/h4-5,7-8,10H,2-3,6,9,17H2,1H3,(H,18,22)/t10-/m0/s1. The molecule has 0 saturated carbocycles. The molecular formula is C16H19N5O4. The smallest absolute Gasteiger partial charge is 0.270 e. The summed E-state index contributed by atoms with van der Waals surface area (Å²) in [6.07, 6.45) is 1.97. The van der Waals surface area contributed by atoms with E-state index in [0.717, 1.165) is 31.2 Å². The monoisotopic (exact) mass is 345 g/mol. The molecule has 9 nitrogen and oxygen atoms in total. The molecule has 1 atom stereocenters. The molecule has 1 saturated heterocycles. The van der Waals surface area contributed by atoms with Crippen molar-refractivity contribution in [1.29, 1.82) is 0 Å². The highest BCUT2D eigenvalue weighted by Crippen LogP contribution is 2.27. The molecule has 3 N–H and O–H groups in total. The van der Waals surface area contributed by atoms with Crippen molar-refractivity contribution < 1.29 is 14.5 Å². The molecule has 0 bridgehead atoms. The molecule has 1 aliphatic heterocycles. The summed E-state index contributed by atoms with van der Waals surface area (Å²) in [5.74, 6) is 0.181. The number of carbonyl (C=O) groups excluding carboxylic acids is 1. The minimum absolute atomic E-state index is 0.0537. The maximum Gasteiger partial charge on any atom is 0.270 e. The summed E-state index contributed by atoms with van der Waals surface area (Å²) in [5.41, 5.74) is 6.67. The summed E-state index contributed by atoms with van der Waals surface area (Å²) >= 11 is 0. The zero-order valence-electron chi connectivity index (χ0n) is 13.8. The highest BCUT2D eigenvalue weighted by atomic mass is 16.6. The minimum Gasteiger partial charge on any atom is -0.398 e. The number of aromatic nitrogens is 2. The van der Waals surface area contributed by atoms with Crippen LogP contribution < -0.4 is 11.1 Å². The van der Waals surface area contributed by atoms with Gasteiger partial charge in [0.05, 0.1) is 22.8 Å². The topological polar surface area (TPSA) is 125 Å². The van der Waals surface area contributed by atoms with Gasteiger partial charge >= 0.3 is 0 Å². The van der Waals surface area contributed by atoms with Gasteiger partial charge in [-0.15, -0.1) is 0 Å². The highest BCUT2D eigenvalue weighted by molar-refractivity contribution is 6.07. The van der Waals surface area contributed by atoms with Crippen LogP contribution in [0.15, 0.2) is 24.3 Å². The molecule has 1 aromatic heterocycles. The van der Waals surface area contributed by atoms with Gasteiger partial charge in [-0.25, -0.2) is 0 Å². The molecule has 0 spiro atoms. The van der Waals surface area contributed by atoms with Crippen molar-refractivity contribution in [3.63, 3.8) is 0 Å². The van der Waals surface area contributed by atoms with Gasteiger partial charge in [-0.3, -0.25) is 19.6 Å². The fourth-order valence-electron chi connectivity index (χ4n) is 2.82. The molecule has 1 fully saturated rings. The van der Waals surface area contributed by atoms with E-state index in [0.29, 0.717) is 12.4 Å². The number of non-ortho nitro benzene ring substituents is 1. The molecule has 1 aliphatic rings. The number of nitro groups is 1. The Morgan fingerprint density at radius 1 is 1.48 bits per heavy atom. The number of nitrogens with two attached hydrogens (primary N) is 1. The molecule has 9 heteroatoms. The van der Waals surface area contributed by atoms with Gasteiger partial charge in [-0.2, -0.15) is 5.10 Å². The number of carbonyl (C=O) groups is 1. The number of anilines is 2. The predicted molar refractivity (Wildman–Crippen MR) is 91.5 cm³/mol. The number of rotatable bonds is 4. The lowest BCUT2D eigenvalue weighted by molar-refractivity contribution is -0.384. The van der Waals surface area contributed by atoms with Crippen molar-refractivity contribution in [2.24, 2.45) is 7.05 Å². The average Bonchev–Trinajstić information content (AvgIpc) is 2.96. The predicted octanol–water partition coefficient (Wildman–Crippen LogP) is 2.06. The summed E-state index contributed by atoms with van der Waals surface area (Å²) in [6, 6.07) is 5.57. The summed E-state index contributed by atoms with van der Waals surface area (Å²) in [5, 5.41) is 18.0. The Hall–Kier alpha value is -2.94. The van der Waals surface area contributed by atoms with Gasteiger partial charge in [-0.1, -0.05) is 0 Å². The van der Waals surface area contributed by atoms with Crippen LogP contribution in [-0.4, -0.2) is 33.8 Å². The van der Waals surface area contributed by atoms with Crippen LogP contribution in [0.2, 0.25) is 0 Å². The van der Waals surface area contributed by atoms with E-state index in [4.69, 9.17) is 10.5 Å². The molecule has 0 aliphatic carbocycles. The van der Waals surface area contributed by atoms with E-state index in [2.05, 4.69) is 10.4 Å². The fraction of sp³-hybridized carbons (Fsp3) is 0.375. The first-order chi connectivity index (χ1) is 12.0. The third kappa shape index (κ3) is 3.61. The van der Waals surface area contributed by atoms with E-state index in [9.17, 15) is 14.9 Å². The van der Waals surface area contributed by atoms with Crippen molar-refractivity contribution in [2.75, 3.05) is 24.3 Å². The van der Waals surface area contributed by atoms with Crippen LogP contribution >= 0.6 is 0 Å². The number of aryl methyl sites for hydroxylation is 1. The molecule has 0 unspecified atom stereocenters. The highest BCUT2D eigenvalue weighted by Gasteiger charge is 2.21.